The first kappa shape index (κ1) is 13.5. The Morgan fingerprint density at radius 1 is 1.27 bits per heavy atom. The molecule has 0 saturated carbocycles. The van der Waals surface area contributed by atoms with Crippen molar-refractivity contribution in [2.24, 2.45) is 0 Å². The van der Waals surface area contributed by atoms with E-state index >= 15 is 0 Å². The summed E-state index contributed by atoms with van der Waals surface area (Å²) < 4.78 is 4.53. The Balaban J connectivity index is 3.45. The number of hydrogen-bond donors (Lipinski definition) is 3. The highest BCUT2D eigenvalue weighted by Gasteiger charge is 2.02. The van der Waals surface area contributed by atoms with Crippen molar-refractivity contribution in [3.05, 3.63) is 0 Å². The molecule has 0 aliphatic rings. The van der Waals surface area contributed by atoms with Crippen molar-refractivity contribution < 1.29 is 14.3 Å². The molecule has 0 aliphatic carbocycles. The van der Waals surface area contributed by atoms with Gasteiger partial charge in [-0.25, -0.2) is 20.4 Å². The van der Waals surface area contributed by atoms with E-state index in [1.54, 1.807) is 6.92 Å². The van der Waals surface area contributed by atoms with Crippen LogP contribution in [0.2, 0.25) is 0 Å². The summed E-state index contributed by atoms with van der Waals surface area (Å²) in [5, 5.41) is 2.55. The lowest BCUT2D eigenvalue weighted by atomic mass is 10.6. The monoisotopic (exact) mass is 218 g/mol. The van der Waals surface area contributed by atoms with Crippen LogP contribution < -0.4 is 16.2 Å². The lowest BCUT2D eigenvalue weighted by Gasteiger charge is -2.11. The predicted octanol–water partition coefficient (Wildman–Crippen LogP) is -0.492. The first-order valence-corrected chi connectivity index (χ1v) is 4.67. The molecule has 0 aliphatic heterocycles. The summed E-state index contributed by atoms with van der Waals surface area (Å²) in [5.74, 6) is 0. The molecule has 0 heterocycles. The molecule has 88 valence electrons. The molecule has 0 aromatic rings. The Morgan fingerprint density at radius 2 is 1.93 bits per heavy atom. The van der Waals surface area contributed by atoms with E-state index in [0.717, 1.165) is 6.54 Å². The molecule has 0 fully saturated rings. The van der Waals surface area contributed by atoms with Gasteiger partial charge in [0.2, 0.25) is 0 Å². The zero-order valence-electron chi connectivity index (χ0n) is 9.29. The van der Waals surface area contributed by atoms with Crippen LogP contribution >= 0.6 is 0 Å². The fourth-order valence-corrected chi connectivity index (χ4v) is 0.712. The smallest absolute Gasteiger partial charge is 0.426 e. The highest BCUT2D eigenvalue weighted by Crippen LogP contribution is 1.74. The van der Waals surface area contributed by atoms with Crippen LogP contribution in [0.4, 0.5) is 9.59 Å². The third kappa shape index (κ3) is 8.82. The first-order chi connectivity index (χ1) is 7.06. The van der Waals surface area contributed by atoms with Crippen LogP contribution in [0.5, 0.6) is 0 Å². The van der Waals surface area contributed by atoms with E-state index in [4.69, 9.17) is 0 Å². The molecule has 15 heavy (non-hydrogen) atoms. The molecular weight excluding hydrogens is 200 g/mol. The van der Waals surface area contributed by atoms with Gasteiger partial charge in [-0.1, -0.05) is 0 Å². The van der Waals surface area contributed by atoms with E-state index in [9.17, 15) is 9.59 Å². The second kappa shape index (κ2) is 7.86. The topological polar surface area (TPSA) is 82.7 Å². The molecule has 0 atom stereocenters. The van der Waals surface area contributed by atoms with Gasteiger partial charge < -0.3 is 15.0 Å². The fourth-order valence-electron chi connectivity index (χ4n) is 0.712. The van der Waals surface area contributed by atoms with Gasteiger partial charge in [-0.3, -0.25) is 0 Å². The summed E-state index contributed by atoms with van der Waals surface area (Å²) in [6, 6.07) is -0.468. The Bertz CT molecular complexity index is 208. The Kier molecular flexibility index (Phi) is 7.08. The van der Waals surface area contributed by atoms with Crippen LogP contribution in [0, 0.1) is 0 Å². The molecule has 0 bridgehead atoms. The Labute approximate surface area is 89.1 Å². The standard InChI is InChI=1S/C8H18N4O3/c1-4-15-8(14)11-10-7(13)9-5-6-12(2)3/h4-6H2,1-3H3,(H,11,14)(H2,9,10,13). The van der Waals surface area contributed by atoms with Crippen molar-refractivity contribution in [3.8, 4) is 0 Å². The fraction of sp³-hybridized carbons (Fsp3) is 0.750. The largest absolute Gasteiger partial charge is 0.449 e. The van der Waals surface area contributed by atoms with Gasteiger partial charge in [0.25, 0.3) is 0 Å². The van der Waals surface area contributed by atoms with E-state index in [0.29, 0.717) is 6.54 Å². The van der Waals surface area contributed by atoms with Gasteiger partial charge in [-0.15, -0.1) is 0 Å². The average molecular weight is 218 g/mol. The summed E-state index contributed by atoms with van der Waals surface area (Å²) in [4.78, 5) is 23.7. The zero-order valence-corrected chi connectivity index (χ0v) is 9.29. The van der Waals surface area contributed by atoms with E-state index in [-0.39, 0.29) is 6.61 Å². The lowest BCUT2D eigenvalue weighted by molar-refractivity contribution is 0.147. The SMILES string of the molecule is CCOC(=O)NNC(=O)NCCN(C)C. The van der Waals surface area contributed by atoms with Crippen LogP contribution in [0.25, 0.3) is 0 Å². The summed E-state index contributed by atoms with van der Waals surface area (Å²) in [6.45, 7) is 3.17. The normalized spacial score (nSPS) is 9.60. The van der Waals surface area contributed by atoms with Crippen molar-refractivity contribution in [2.75, 3.05) is 33.8 Å². The zero-order chi connectivity index (χ0) is 11.7. The molecule has 3 N–H and O–H groups in total. The van der Waals surface area contributed by atoms with Crippen molar-refractivity contribution in [3.63, 3.8) is 0 Å². The minimum absolute atomic E-state index is 0.260. The summed E-state index contributed by atoms with van der Waals surface area (Å²) >= 11 is 0. The van der Waals surface area contributed by atoms with Gasteiger partial charge >= 0.3 is 12.1 Å². The minimum atomic E-state index is -0.680. The quantitative estimate of drug-likeness (QED) is 0.556. The molecule has 7 heteroatoms. The van der Waals surface area contributed by atoms with Gasteiger partial charge in [-0.2, -0.15) is 0 Å². The molecule has 0 radical (unpaired) electrons. The number of hydrogen-bond acceptors (Lipinski definition) is 4. The average Bonchev–Trinajstić information content (AvgIpc) is 2.14. The Hall–Kier alpha value is -1.50. The van der Waals surface area contributed by atoms with Crippen molar-refractivity contribution in [1.29, 1.82) is 0 Å². The van der Waals surface area contributed by atoms with Gasteiger partial charge in [0.05, 0.1) is 6.61 Å². The second-order valence-corrected chi connectivity index (χ2v) is 3.03. The predicted molar refractivity (Wildman–Crippen MR) is 55.2 cm³/mol. The van der Waals surface area contributed by atoms with E-state index in [2.05, 4.69) is 20.9 Å². The Morgan fingerprint density at radius 3 is 2.47 bits per heavy atom. The van der Waals surface area contributed by atoms with Crippen LogP contribution in [0.15, 0.2) is 0 Å². The number of nitrogens with one attached hydrogen (secondary N) is 3. The van der Waals surface area contributed by atoms with Crippen LogP contribution in [-0.4, -0.2) is 50.8 Å². The minimum Gasteiger partial charge on any atom is -0.449 e. The number of likely N-dealkylation sites (N-methyl/N-ethyl adjacent to an activating group) is 1. The molecule has 3 amide bonds. The highest BCUT2D eigenvalue weighted by molar-refractivity contribution is 5.77. The number of nitrogens with zero attached hydrogens (tertiary/aromatic N) is 1. The van der Waals surface area contributed by atoms with E-state index < -0.39 is 12.1 Å². The van der Waals surface area contributed by atoms with Gasteiger partial charge in [-0.05, 0) is 21.0 Å². The number of hydrazine groups is 1. The third-order valence-electron chi connectivity index (χ3n) is 1.40. The maximum atomic E-state index is 11.0. The number of rotatable bonds is 4. The number of urea groups is 1. The molecule has 0 saturated heterocycles. The highest BCUT2D eigenvalue weighted by atomic mass is 16.6. The van der Waals surface area contributed by atoms with Crippen molar-refractivity contribution >= 4 is 12.1 Å². The summed E-state index contributed by atoms with van der Waals surface area (Å²) in [5.41, 5.74) is 4.23. The number of ether oxygens (including phenoxy) is 1. The molecule has 0 unspecified atom stereocenters. The second-order valence-electron chi connectivity index (χ2n) is 3.03. The molecule has 0 rings (SSSR count). The number of carbonyl (C=O) groups excluding carboxylic acids is 2. The van der Waals surface area contributed by atoms with Gasteiger partial charge in [0.15, 0.2) is 0 Å². The van der Waals surface area contributed by atoms with Crippen molar-refractivity contribution in [1.82, 2.24) is 21.1 Å². The molecule has 0 spiro atoms. The molecule has 7 nitrogen and oxygen atoms in total. The van der Waals surface area contributed by atoms with Gasteiger partial charge in [0.1, 0.15) is 0 Å². The maximum absolute atomic E-state index is 11.0. The summed E-state index contributed by atoms with van der Waals surface area (Å²) in [6.07, 6.45) is -0.680. The van der Waals surface area contributed by atoms with E-state index in [1.165, 1.54) is 0 Å². The summed E-state index contributed by atoms with van der Waals surface area (Å²) in [7, 11) is 3.80. The van der Waals surface area contributed by atoms with E-state index in [1.807, 2.05) is 19.0 Å². The molecular formula is C8H18N4O3. The number of amides is 3. The van der Waals surface area contributed by atoms with Gasteiger partial charge in [0, 0.05) is 13.1 Å². The maximum Gasteiger partial charge on any atom is 0.426 e. The van der Waals surface area contributed by atoms with Crippen LogP contribution in [0.3, 0.4) is 0 Å². The van der Waals surface area contributed by atoms with Crippen LogP contribution in [-0.2, 0) is 4.74 Å². The third-order valence-corrected chi connectivity index (χ3v) is 1.40. The van der Waals surface area contributed by atoms with Crippen LogP contribution in [0.1, 0.15) is 6.92 Å². The lowest BCUT2D eigenvalue weighted by Crippen LogP contribution is -2.48. The number of carbonyl (C=O) groups is 2. The van der Waals surface area contributed by atoms with Crippen molar-refractivity contribution in [2.45, 2.75) is 6.92 Å². The molecule has 0 aromatic heterocycles. The molecule has 0 aromatic carbocycles. The first-order valence-electron chi connectivity index (χ1n) is 4.67.